The van der Waals surface area contributed by atoms with Crippen LogP contribution in [-0.2, 0) is 19.8 Å². The first kappa shape index (κ1) is 40.0. The molecule has 1 saturated carbocycles. The van der Waals surface area contributed by atoms with Crippen molar-refractivity contribution >= 4 is 22.8 Å². The number of rotatable bonds is 14. The summed E-state index contributed by atoms with van der Waals surface area (Å²) in [5, 5.41) is 15.3. The fraction of sp³-hybridized carbons (Fsp3) is 0.192. The van der Waals surface area contributed by atoms with Crippen LogP contribution in [-0.4, -0.2) is 43.4 Å². The maximum atomic E-state index is 14.2. The summed E-state index contributed by atoms with van der Waals surface area (Å²) in [5.74, 6) is 0.0862. The van der Waals surface area contributed by atoms with Gasteiger partial charge in [-0.2, -0.15) is 0 Å². The lowest BCUT2D eigenvalue weighted by molar-refractivity contribution is -0.175. The first-order valence-corrected chi connectivity index (χ1v) is 21.0. The molecule has 1 aliphatic carbocycles. The summed E-state index contributed by atoms with van der Waals surface area (Å²) in [4.78, 5) is 33.2. The van der Waals surface area contributed by atoms with Gasteiger partial charge < -0.3 is 14.2 Å². The van der Waals surface area contributed by atoms with Gasteiger partial charge in [0, 0.05) is 29.2 Å². The lowest BCUT2D eigenvalue weighted by Gasteiger charge is -2.34. The van der Waals surface area contributed by atoms with E-state index in [1.807, 2.05) is 141 Å². The van der Waals surface area contributed by atoms with Gasteiger partial charge in [-0.15, -0.1) is 15.0 Å². The van der Waals surface area contributed by atoms with Gasteiger partial charge in [0.2, 0.25) is 12.1 Å². The molecule has 8 aromatic rings. The number of carbonyl (C=O) groups excluding carboxylic acids is 2. The normalized spacial score (nSPS) is 13.2. The van der Waals surface area contributed by atoms with E-state index in [2.05, 4.69) is 36.4 Å². The lowest BCUT2D eigenvalue weighted by Crippen LogP contribution is -2.39. The standard InChI is InChI=1S/C52H45N5O5/c1-4-45(58)61-51(34(2)3)62-50(59)46-43-26-16-17-27-44(43)53-47(36-28-29-36)48(46)60-40-32-30-35(31-33-40)41-24-14-15-25-42(41)49-54-56-57(55-49)52(37-18-8-5-9-19-37,38-20-10-6-11-21-38)39-22-12-7-13-23-39/h5-27,30-34,36,51H,4,28-29H2,1-3H3. The predicted molar refractivity (Wildman–Crippen MR) is 238 cm³/mol. The SMILES string of the molecule is CCC(=O)OC(OC(=O)c1c(Oc2ccc(-c3ccccc3-c3nnn(C(c4ccccc4)(c4ccccc4)c4ccccc4)n3)cc2)c(C2CC2)nc2ccccc12)C(C)C. The molecule has 2 heterocycles. The van der Waals surface area contributed by atoms with Crippen molar-refractivity contribution in [1.82, 2.24) is 25.2 Å². The number of aromatic nitrogens is 5. The van der Waals surface area contributed by atoms with Crippen molar-refractivity contribution in [1.29, 1.82) is 0 Å². The van der Waals surface area contributed by atoms with Crippen molar-refractivity contribution in [3.8, 4) is 34.0 Å². The fourth-order valence-corrected chi connectivity index (χ4v) is 7.93. The smallest absolute Gasteiger partial charge is 0.345 e. The van der Waals surface area contributed by atoms with Crippen LogP contribution in [0.15, 0.2) is 164 Å². The summed E-state index contributed by atoms with van der Waals surface area (Å²) >= 11 is 0. The van der Waals surface area contributed by atoms with E-state index < -0.39 is 23.8 Å². The summed E-state index contributed by atoms with van der Waals surface area (Å²) in [5.41, 5.74) is 6.28. The third-order valence-electron chi connectivity index (χ3n) is 11.2. The Labute approximate surface area is 360 Å². The van der Waals surface area contributed by atoms with Gasteiger partial charge in [0.1, 0.15) is 11.3 Å². The topological polar surface area (TPSA) is 118 Å². The van der Waals surface area contributed by atoms with Crippen molar-refractivity contribution < 1.29 is 23.8 Å². The van der Waals surface area contributed by atoms with E-state index in [-0.39, 0.29) is 23.8 Å². The number of ether oxygens (including phenoxy) is 3. The number of fused-ring (bicyclic) bond motifs is 1. The molecule has 0 amide bonds. The van der Waals surface area contributed by atoms with Crippen molar-refractivity contribution in [2.24, 2.45) is 5.92 Å². The summed E-state index contributed by atoms with van der Waals surface area (Å²) in [6.45, 7) is 5.38. The van der Waals surface area contributed by atoms with Gasteiger partial charge in [0.25, 0.3) is 0 Å². The second-order valence-electron chi connectivity index (χ2n) is 15.7. The van der Waals surface area contributed by atoms with Gasteiger partial charge in [-0.25, -0.2) is 9.78 Å². The Hall–Kier alpha value is -7.46. The zero-order chi connectivity index (χ0) is 42.6. The van der Waals surface area contributed by atoms with E-state index in [0.29, 0.717) is 33.9 Å². The third kappa shape index (κ3) is 7.71. The molecule has 6 aromatic carbocycles. The largest absolute Gasteiger partial charge is 0.455 e. The Morgan fingerprint density at radius 1 is 0.694 bits per heavy atom. The zero-order valence-corrected chi connectivity index (χ0v) is 34.7. The molecular formula is C52H45N5O5. The Morgan fingerprint density at radius 3 is 1.84 bits per heavy atom. The van der Waals surface area contributed by atoms with E-state index in [1.165, 1.54) is 0 Å². The van der Waals surface area contributed by atoms with E-state index in [4.69, 9.17) is 34.6 Å². The van der Waals surface area contributed by atoms with Crippen LogP contribution < -0.4 is 4.74 Å². The molecule has 62 heavy (non-hydrogen) atoms. The van der Waals surface area contributed by atoms with Gasteiger partial charge in [0.15, 0.2) is 11.3 Å². The minimum absolute atomic E-state index is 0.136. The molecule has 0 radical (unpaired) electrons. The van der Waals surface area contributed by atoms with E-state index in [0.717, 1.165) is 46.2 Å². The number of para-hydroxylation sites is 1. The van der Waals surface area contributed by atoms with Gasteiger partial charge in [0.05, 0.1) is 11.2 Å². The van der Waals surface area contributed by atoms with Crippen LogP contribution in [0.4, 0.5) is 0 Å². The van der Waals surface area contributed by atoms with Crippen molar-refractivity contribution in [3.05, 3.63) is 192 Å². The summed E-state index contributed by atoms with van der Waals surface area (Å²) < 4.78 is 18.1. The minimum atomic E-state index is -1.07. The molecule has 10 nitrogen and oxygen atoms in total. The van der Waals surface area contributed by atoms with Crippen molar-refractivity contribution in [2.45, 2.75) is 57.8 Å². The highest BCUT2D eigenvalue weighted by Gasteiger charge is 2.41. The van der Waals surface area contributed by atoms with E-state index in [1.54, 1.807) is 11.7 Å². The number of carbonyl (C=O) groups is 2. The highest BCUT2D eigenvalue weighted by Crippen LogP contribution is 2.48. The number of benzene rings is 6. The zero-order valence-electron chi connectivity index (χ0n) is 34.7. The highest BCUT2D eigenvalue weighted by molar-refractivity contribution is 6.06. The van der Waals surface area contributed by atoms with Crippen LogP contribution in [0.25, 0.3) is 33.4 Å². The quantitative estimate of drug-likeness (QED) is 0.0600. The number of pyridine rings is 1. The lowest BCUT2D eigenvalue weighted by atomic mass is 9.77. The molecule has 0 bridgehead atoms. The second kappa shape index (κ2) is 17.3. The second-order valence-corrected chi connectivity index (χ2v) is 15.7. The maximum absolute atomic E-state index is 14.2. The maximum Gasteiger partial charge on any atom is 0.345 e. The Kier molecular flexibility index (Phi) is 11.1. The van der Waals surface area contributed by atoms with Crippen molar-refractivity contribution in [2.75, 3.05) is 0 Å². The number of tetrazole rings is 1. The molecule has 2 aromatic heterocycles. The van der Waals surface area contributed by atoms with Crippen LogP contribution in [0.2, 0.25) is 0 Å². The number of hydrogen-bond acceptors (Lipinski definition) is 9. The number of nitrogens with zero attached hydrogens (tertiary/aromatic N) is 5. The van der Waals surface area contributed by atoms with Gasteiger partial charge in [-0.1, -0.05) is 166 Å². The van der Waals surface area contributed by atoms with Gasteiger partial charge >= 0.3 is 11.9 Å². The summed E-state index contributed by atoms with van der Waals surface area (Å²) in [6, 6.07) is 53.9. The summed E-state index contributed by atoms with van der Waals surface area (Å²) in [6.07, 6.45) is 0.946. The first-order valence-electron chi connectivity index (χ1n) is 21.0. The summed E-state index contributed by atoms with van der Waals surface area (Å²) in [7, 11) is 0. The third-order valence-corrected chi connectivity index (χ3v) is 11.2. The molecule has 1 atom stereocenters. The molecule has 9 rings (SSSR count). The average molecular weight is 820 g/mol. The molecule has 0 spiro atoms. The molecule has 0 saturated heterocycles. The molecule has 1 fully saturated rings. The minimum Gasteiger partial charge on any atom is -0.455 e. The molecule has 0 aliphatic heterocycles. The number of hydrogen-bond donors (Lipinski definition) is 0. The molecule has 1 unspecified atom stereocenters. The van der Waals surface area contributed by atoms with Crippen LogP contribution in [0.1, 0.15) is 78.7 Å². The van der Waals surface area contributed by atoms with Crippen LogP contribution in [0.5, 0.6) is 11.5 Å². The molecule has 0 N–H and O–H groups in total. The number of esters is 2. The van der Waals surface area contributed by atoms with E-state index in [9.17, 15) is 9.59 Å². The Bertz CT molecular complexity index is 2750. The van der Waals surface area contributed by atoms with Gasteiger partial charge in [-0.05, 0) is 64.1 Å². The van der Waals surface area contributed by atoms with Gasteiger partial charge in [-0.3, -0.25) is 4.79 Å². The average Bonchev–Trinajstić information content (AvgIpc) is 4.05. The molecular weight excluding hydrogens is 775 g/mol. The Morgan fingerprint density at radius 2 is 1.26 bits per heavy atom. The van der Waals surface area contributed by atoms with E-state index >= 15 is 0 Å². The Balaban J connectivity index is 1.08. The molecule has 1 aliphatic rings. The molecule has 10 heteroatoms. The monoisotopic (exact) mass is 819 g/mol. The van der Waals surface area contributed by atoms with Crippen LogP contribution in [0, 0.1) is 5.92 Å². The van der Waals surface area contributed by atoms with Crippen LogP contribution >= 0.6 is 0 Å². The highest BCUT2D eigenvalue weighted by atomic mass is 16.7. The van der Waals surface area contributed by atoms with Crippen LogP contribution in [0.3, 0.4) is 0 Å². The predicted octanol–water partition coefficient (Wildman–Crippen LogP) is 11.2. The van der Waals surface area contributed by atoms with Crippen molar-refractivity contribution in [3.63, 3.8) is 0 Å². The molecule has 308 valence electrons. The fourth-order valence-electron chi connectivity index (χ4n) is 7.93. The first-order chi connectivity index (χ1) is 30.3.